The van der Waals surface area contributed by atoms with Crippen LogP contribution >= 0.6 is 0 Å². The van der Waals surface area contributed by atoms with Gasteiger partial charge >= 0.3 is 0 Å². The van der Waals surface area contributed by atoms with E-state index in [1.54, 1.807) is 12.3 Å². The molecule has 0 spiro atoms. The van der Waals surface area contributed by atoms with Gasteiger partial charge in [-0.05, 0) is 24.6 Å². The molecule has 2 rings (SSSR count). The van der Waals surface area contributed by atoms with Crippen molar-refractivity contribution in [3.05, 3.63) is 42.7 Å². The molecule has 2 amide bonds. The Labute approximate surface area is 93.6 Å². The zero-order valence-electron chi connectivity index (χ0n) is 8.80. The summed E-state index contributed by atoms with van der Waals surface area (Å²) >= 11 is 0. The molecule has 1 aromatic rings. The molecule has 0 aliphatic carbocycles. The molecular formula is C12H12N2O2. The van der Waals surface area contributed by atoms with E-state index in [0.717, 1.165) is 5.69 Å². The van der Waals surface area contributed by atoms with Crippen LogP contribution in [0, 0.1) is 0 Å². The van der Waals surface area contributed by atoms with Crippen LogP contribution in [0.2, 0.25) is 0 Å². The highest BCUT2D eigenvalue weighted by Crippen LogP contribution is 2.27. The number of rotatable bonds is 2. The lowest BCUT2D eigenvalue weighted by Gasteiger charge is -2.11. The van der Waals surface area contributed by atoms with Crippen LogP contribution in [0.5, 0.6) is 0 Å². The Morgan fingerprint density at radius 3 is 3.00 bits per heavy atom. The third kappa shape index (κ3) is 1.74. The molecule has 0 radical (unpaired) electrons. The Kier molecular flexibility index (Phi) is 2.81. The summed E-state index contributed by atoms with van der Waals surface area (Å²) in [5, 5.41) is 0. The molecule has 4 heteroatoms. The van der Waals surface area contributed by atoms with Gasteiger partial charge in [-0.1, -0.05) is 12.6 Å². The highest BCUT2D eigenvalue weighted by molar-refractivity contribution is 6.04. The lowest BCUT2D eigenvalue weighted by molar-refractivity contribution is -0.139. The summed E-state index contributed by atoms with van der Waals surface area (Å²) in [6, 6.07) is 5.45. The molecule has 16 heavy (non-hydrogen) atoms. The van der Waals surface area contributed by atoms with Crippen molar-refractivity contribution in [2.45, 2.75) is 12.3 Å². The van der Waals surface area contributed by atoms with Gasteiger partial charge in [-0.2, -0.15) is 0 Å². The molecule has 82 valence electrons. The summed E-state index contributed by atoms with van der Waals surface area (Å²) in [4.78, 5) is 28.7. The minimum Gasteiger partial charge on any atom is -0.278 e. The van der Waals surface area contributed by atoms with Crippen LogP contribution in [0.25, 0.3) is 0 Å². The Morgan fingerprint density at radius 1 is 1.56 bits per heavy atom. The van der Waals surface area contributed by atoms with Gasteiger partial charge in [-0.3, -0.25) is 19.5 Å². The summed E-state index contributed by atoms with van der Waals surface area (Å²) in [6.45, 7) is 3.83. The molecule has 0 aromatic carbocycles. The molecule has 1 fully saturated rings. The Morgan fingerprint density at radius 2 is 2.38 bits per heavy atom. The third-order valence-corrected chi connectivity index (χ3v) is 2.69. The van der Waals surface area contributed by atoms with Crippen molar-refractivity contribution in [3.8, 4) is 0 Å². The molecule has 2 heterocycles. The second kappa shape index (κ2) is 4.26. The van der Waals surface area contributed by atoms with Gasteiger partial charge in [0.15, 0.2) is 0 Å². The number of amides is 2. The smallest absolute Gasteiger partial charge is 0.252 e. The minimum absolute atomic E-state index is 0.177. The zero-order valence-corrected chi connectivity index (χ0v) is 8.80. The molecule has 1 aliphatic heterocycles. The lowest BCUT2D eigenvalue weighted by Crippen LogP contribution is -2.31. The van der Waals surface area contributed by atoms with Crippen molar-refractivity contribution >= 4 is 11.8 Å². The summed E-state index contributed by atoms with van der Waals surface area (Å²) < 4.78 is 0. The molecule has 0 N–H and O–H groups in total. The van der Waals surface area contributed by atoms with Crippen molar-refractivity contribution in [1.29, 1.82) is 0 Å². The quantitative estimate of drug-likeness (QED) is 0.696. The fraction of sp³-hybridized carbons (Fsp3) is 0.250. The van der Waals surface area contributed by atoms with Crippen molar-refractivity contribution < 1.29 is 9.59 Å². The van der Waals surface area contributed by atoms with E-state index < -0.39 is 0 Å². The average Bonchev–Trinajstić information content (AvgIpc) is 2.71. The predicted octanol–water partition coefficient (Wildman–Crippen LogP) is 1.11. The first-order valence-corrected chi connectivity index (χ1v) is 5.12. The number of hydrogen-bond acceptors (Lipinski definition) is 3. The minimum atomic E-state index is -0.330. The SMILES string of the molecule is C=CC(=O)N1CCC(c2ccccn2)C1=O. The van der Waals surface area contributed by atoms with Gasteiger partial charge in [0.05, 0.1) is 11.6 Å². The fourth-order valence-electron chi connectivity index (χ4n) is 1.87. The second-order valence-corrected chi connectivity index (χ2v) is 3.63. The maximum atomic E-state index is 11.9. The van der Waals surface area contributed by atoms with Crippen LogP contribution in [0.3, 0.4) is 0 Å². The summed E-state index contributed by atoms with van der Waals surface area (Å²) in [5.74, 6) is -0.794. The monoisotopic (exact) mass is 216 g/mol. The molecule has 1 aliphatic rings. The van der Waals surface area contributed by atoms with Crippen LogP contribution in [0.1, 0.15) is 18.0 Å². The van der Waals surface area contributed by atoms with Gasteiger partial charge in [0.2, 0.25) is 5.91 Å². The maximum absolute atomic E-state index is 11.9. The van der Waals surface area contributed by atoms with E-state index in [1.807, 2.05) is 12.1 Å². The van der Waals surface area contributed by atoms with Gasteiger partial charge in [-0.15, -0.1) is 0 Å². The largest absolute Gasteiger partial charge is 0.278 e. The first-order valence-electron chi connectivity index (χ1n) is 5.12. The Bertz CT molecular complexity index is 428. The van der Waals surface area contributed by atoms with Crippen molar-refractivity contribution in [2.24, 2.45) is 0 Å². The standard InChI is InChI=1S/C12H12N2O2/c1-2-11(15)14-8-6-9(12(14)16)10-5-3-4-7-13-10/h2-5,7,9H,1,6,8H2. The van der Waals surface area contributed by atoms with Crippen LogP contribution in [-0.4, -0.2) is 28.2 Å². The number of carbonyl (C=O) groups excluding carboxylic acids is 2. The highest BCUT2D eigenvalue weighted by atomic mass is 16.2. The average molecular weight is 216 g/mol. The third-order valence-electron chi connectivity index (χ3n) is 2.69. The Hall–Kier alpha value is -1.97. The molecule has 0 bridgehead atoms. The van der Waals surface area contributed by atoms with Crippen LogP contribution < -0.4 is 0 Å². The van der Waals surface area contributed by atoms with Crippen molar-refractivity contribution in [2.75, 3.05) is 6.54 Å². The number of aromatic nitrogens is 1. The van der Waals surface area contributed by atoms with Gasteiger partial charge < -0.3 is 0 Å². The number of imide groups is 1. The van der Waals surface area contributed by atoms with Gasteiger partial charge in [0.1, 0.15) is 0 Å². The number of carbonyl (C=O) groups is 2. The number of hydrogen-bond donors (Lipinski definition) is 0. The Balaban J connectivity index is 2.20. The van der Waals surface area contributed by atoms with E-state index >= 15 is 0 Å². The number of pyridine rings is 1. The first-order chi connectivity index (χ1) is 7.74. The number of nitrogens with zero attached hydrogens (tertiary/aromatic N) is 2. The summed E-state index contributed by atoms with van der Waals surface area (Å²) in [6.07, 6.45) is 3.45. The van der Waals surface area contributed by atoms with E-state index in [9.17, 15) is 9.59 Å². The normalized spacial score (nSPS) is 19.9. The van der Waals surface area contributed by atoms with Gasteiger partial charge in [0.25, 0.3) is 5.91 Å². The predicted molar refractivity (Wildman–Crippen MR) is 58.5 cm³/mol. The van der Waals surface area contributed by atoms with E-state index in [1.165, 1.54) is 11.0 Å². The van der Waals surface area contributed by atoms with Crippen LogP contribution in [-0.2, 0) is 9.59 Å². The lowest BCUT2D eigenvalue weighted by atomic mass is 10.0. The molecule has 4 nitrogen and oxygen atoms in total. The molecule has 1 unspecified atom stereocenters. The van der Waals surface area contributed by atoms with Gasteiger partial charge in [0, 0.05) is 12.7 Å². The van der Waals surface area contributed by atoms with E-state index in [4.69, 9.17) is 0 Å². The molecule has 1 aromatic heterocycles. The van der Waals surface area contributed by atoms with E-state index in [2.05, 4.69) is 11.6 Å². The molecular weight excluding hydrogens is 204 g/mol. The van der Waals surface area contributed by atoms with Crippen LogP contribution in [0.4, 0.5) is 0 Å². The molecule has 1 saturated heterocycles. The van der Waals surface area contributed by atoms with Crippen LogP contribution in [0.15, 0.2) is 37.1 Å². The van der Waals surface area contributed by atoms with Crippen molar-refractivity contribution in [3.63, 3.8) is 0 Å². The summed E-state index contributed by atoms with van der Waals surface area (Å²) in [5.41, 5.74) is 0.729. The number of likely N-dealkylation sites (tertiary alicyclic amines) is 1. The maximum Gasteiger partial charge on any atom is 0.252 e. The highest BCUT2D eigenvalue weighted by Gasteiger charge is 2.35. The molecule has 0 saturated carbocycles. The van der Waals surface area contributed by atoms with Crippen molar-refractivity contribution in [1.82, 2.24) is 9.88 Å². The zero-order chi connectivity index (χ0) is 11.5. The molecule has 1 atom stereocenters. The van der Waals surface area contributed by atoms with E-state index in [-0.39, 0.29) is 17.7 Å². The first kappa shape index (κ1) is 10.5. The fourth-order valence-corrected chi connectivity index (χ4v) is 1.87. The van der Waals surface area contributed by atoms with Gasteiger partial charge in [-0.25, -0.2) is 0 Å². The second-order valence-electron chi connectivity index (χ2n) is 3.63. The summed E-state index contributed by atoms with van der Waals surface area (Å²) in [7, 11) is 0. The topological polar surface area (TPSA) is 50.3 Å². The van der Waals surface area contributed by atoms with E-state index in [0.29, 0.717) is 13.0 Å².